The zero-order chi connectivity index (χ0) is 35.6. The second kappa shape index (κ2) is 26.5. The Morgan fingerprint density at radius 2 is 1.36 bits per heavy atom. The van der Waals surface area contributed by atoms with E-state index in [0.717, 1.165) is 85.7 Å². The number of unbranched alkanes of at least 4 members (excludes halogenated alkanes) is 2. The number of anilines is 2. The van der Waals surface area contributed by atoms with Crippen LogP contribution in [0.4, 0.5) is 11.4 Å². The predicted octanol–water partition coefficient (Wildman–Crippen LogP) is 12.8. The lowest BCUT2D eigenvalue weighted by molar-refractivity contribution is 0.743. The van der Waals surface area contributed by atoms with Crippen molar-refractivity contribution in [3.8, 4) is 0 Å². The van der Waals surface area contributed by atoms with Crippen molar-refractivity contribution in [1.82, 2.24) is 5.32 Å². The monoisotopic (exact) mass is 643 g/mol. The molecule has 0 spiro atoms. The van der Waals surface area contributed by atoms with Crippen LogP contribution in [-0.4, -0.2) is 25.3 Å². The standard InChI is InChI=1S/C28H46N4.C8H10.C7H14/c1-9-13-17-29-25(8)26-15-16-28(32(18-11-3)19-12-4)27(20-26)31-24(7)22(5)21-30-23(6)14-10-2;1-7-5-3-4-6-8(7)2;1-4-5-6-7(2)3/h15-16,20-21,29,31H,7-14,17-19H2,1-6H3;3-6H,1-2H3;2,4-6H2,1,3H3/b22-21+,30-23?;;. The molecule has 262 valence electrons. The molecule has 47 heavy (non-hydrogen) atoms. The molecular formula is C43H70N4. The van der Waals surface area contributed by atoms with Crippen molar-refractivity contribution in [1.29, 1.82) is 0 Å². The van der Waals surface area contributed by atoms with E-state index in [2.05, 4.69) is 152 Å². The molecule has 0 unspecified atom stereocenters. The third-order valence-electron chi connectivity index (χ3n) is 7.78. The van der Waals surface area contributed by atoms with Crippen molar-refractivity contribution >= 4 is 22.8 Å². The van der Waals surface area contributed by atoms with E-state index >= 15 is 0 Å². The average Bonchev–Trinajstić information content (AvgIpc) is 3.04. The van der Waals surface area contributed by atoms with Gasteiger partial charge >= 0.3 is 0 Å². The number of hydrogen-bond donors (Lipinski definition) is 2. The minimum Gasteiger partial charge on any atom is -0.385 e. The molecule has 2 aromatic carbocycles. The highest BCUT2D eigenvalue weighted by molar-refractivity contribution is 5.82. The maximum absolute atomic E-state index is 4.60. The first-order valence-electron chi connectivity index (χ1n) is 18.1. The van der Waals surface area contributed by atoms with Gasteiger partial charge in [0.15, 0.2) is 0 Å². The van der Waals surface area contributed by atoms with Crippen LogP contribution < -0.4 is 15.5 Å². The molecule has 2 N–H and O–H groups in total. The maximum Gasteiger partial charge on any atom is 0.0628 e. The van der Waals surface area contributed by atoms with Gasteiger partial charge in [0.2, 0.25) is 0 Å². The predicted molar refractivity (Wildman–Crippen MR) is 216 cm³/mol. The highest BCUT2D eigenvalue weighted by Gasteiger charge is 2.13. The molecule has 0 heterocycles. The summed E-state index contributed by atoms with van der Waals surface area (Å²) in [4.78, 5) is 7.05. The minimum absolute atomic E-state index is 0.869. The summed E-state index contributed by atoms with van der Waals surface area (Å²) < 4.78 is 0. The topological polar surface area (TPSA) is 39.7 Å². The third-order valence-corrected chi connectivity index (χ3v) is 7.78. The van der Waals surface area contributed by atoms with Gasteiger partial charge in [-0.1, -0.05) is 103 Å². The number of rotatable bonds is 19. The van der Waals surface area contributed by atoms with Gasteiger partial charge in [0.05, 0.1) is 11.4 Å². The molecule has 2 rings (SSSR count). The first-order valence-corrected chi connectivity index (χ1v) is 18.1. The summed E-state index contributed by atoms with van der Waals surface area (Å²) in [5.41, 5.74) is 11.4. The fourth-order valence-corrected chi connectivity index (χ4v) is 4.62. The number of nitrogens with one attached hydrogen (secondary N) is 2. The van der Waals surface area contributed by atoms with Crippen LogP contribution in [0.15, 0.2) is 90.2 Å². The Balaban J connectivity index is 0.00000114. The number of aliphatic imine (C=N–C) groups is 1. The Labute approximate surface area is 291 Å². The first kappa shape index (κ1) is 43.5. The largest absolute Gasteiger partial charge is 0.385 e. The van der Waals surface area contributed by atoms with Crippen molar-refractivity contribution in [3.63, 3.8) is 0 Å². The van der Waals surface area contributed by atoms with Crippen LogP contribution in [0.5, 0.6) is 0 Å². The summed E-state index contributed by atoms with van der Waals surface area (Å²) in [5.74, 6) is 0. The first-order chi connectivity index (χ1) is 22.4. The van der Waals surface area contributed by atoms with Gasteiger partial charge < -0.3 is 15.5 Å². The van der Waals surface area contributed by atoms with Crippen LogP contribution in [0.25, 0.3) is 5.70 Å². The van der Waals surface area contributed by atoms with E-state index in [1.807, 2.05) is 6.20 Å². The number of allylic oxidation sites excluding steroid dienone is 2. The zero-order valence-electron chi connectivity index (χ0n) is 32.1. The van der Waals surface area contributed by atoms with Crippen LogP contribution >= 0.6 is 0 Å². The van der Waals surface area contributed by atoms with Crippen molar-refractivity contribution in [2.24, 2.45) is 4.99 Å². The van der Waals surface area contributed by atoms with Gasteiger partial charge in [0.25, 0.3) is 0 Å². The molecule has 0 aromatic heterocycles. The van der Waals surface area contributed by atoms with Crippen molar-refractivity contribution in [3.05, 3.63) is 102 Å². The average molecular weight is 643 g/mol. The van der Waals surface area contributed by atoms with E-state index in [-0.39, 0.29) is 0 Å². The number of aryl methyl sites for hydroxylation is 2. The van der Waals surface area contributed by atoms with E-state index in [1.54, 1.807) is 0 Å². The Morgan fingerprint density at radius 3 is 1.83 bits per heavy atom. The van der Waals surface area contributed by atoms with E-state index in [9.17, 15) is 0 Å². The fourth-order valence-electron chi connectivity index (χ4n) is 4.62. The Kier molecular flexibility index (Phi) is 24.5. The molecule has 0 bridgehead atoms. The molecule has 2 aromatic rings. The van der Waals surface area contributed by atoms with E-state index < -0.39 is 0 Å². The summed E-state index contributed by atoms with van der Waals surface area (Å²) in [6, 6.07) is 14.9. The van der Waals surface area contributed by atoms with Crippen LogP contribution in [0.3, 0.4) is 0 Å². The molecule has 4 nitrogen and oxygen atoms in total. The Bertz CT molecular complexity index is 1220. The summed E-state index contributed by atoms with van der Waals surface area (Å²) in [6.07, 6.45) is 12.4. The molecule has 0 aliphatic heterocycles. The van der Waals surface area contributed by atoms with Crippen molar-refractivity contribution < 1.29 is 0 Å². The van der Waals surface area contributed by atoms with Crippen LogP contribution in [0.2, 0.25) is 0 Å². The Morgan fingerprint density at radius 1 is 0.766 bits per heavy atom. The normalized spacial score (nSPS) is 11.0. The summed E-state index contributed by atoms with van der Waals surface area (Å²) in [5, 5.41) is 7.04. The lowest BCUT2D eigenvalue weighted by atomic mass is 10.1. The maximum atomic E-state index is 4.60. The molecule has 0 amide bonds. The van der Waals surface area contributed by atoms with Gasteiger partial charge in [-0.25, -0.2) is 0 Å². The van der Waals surface area contributed by atoms with Gasteiger partial charge in [-0.05, 0) is 108 Å². The van der Waals surface area contributed by atoms with Crippen molar-refractivity contribution in [2.45, 2.75) is 127 Å². The quantitative estimate of drug-likeness (QED) is 0.0693. The highest BCUT2D eigenvalue weighted by atomic mass is 15.1. The van der Waals surface area contributed by atoms with Crippen LogP contribution in [0, 0.1) is 13.8 Å². The highest BCUT2D eigenvalue weighted by Crippen LogP contribution is 2.31. The Hall–Kier alpha value is -3.53. The molecule has 0 saturated carbocycles. The van der Waals surface area contributed by atoms with Gasteiger partial charge in [-0.3, -0.25) is 4.99 Å². The number of nitrogens with zero attached hydrogens (tertiary/aromatic N) is 2. The van der Waals surface area contributed by atoms with Gasteiger partial charge in [-0.15, -0.1) is 6.58 Å². The molecule has 0 atom stereocenters. The lowest BCUT2D eigenvalue weighted by Gasteiger charge is -2.28. The lowest BCUT2D eigenvalue weighted by Crippen LogP contribution is -2.26. The third kappa shape index (κ3) is 19.7. The summed E-state index contributed by atoms with van der Waals surface area (Å²) >= 11 is 0. The van der Waals surface area contributed by atoms with Gasteiger partial charge in [-0.2, -0.15) is 0 Å². The zero-order valence-corrected chi connectivity index (χ0v) is 32.1. The van der Waals surface area contributed by atoms with Crippen LogP contribution in [-0.2, 0) is 0 Å². The molecule has 4 heteroatoms. The number of hydrogen-bond acceptors (Lipinski definition) is 4. The van der Waals surface area contributed by atoms with Crippen LogP contribution in [0.1, 0.15) is 130 Å². The number of benzene rings is 2. The van der Waals surface area contributed by atoms with E-state index in [0.29, 0.717) is 0 Å². The summed E-state index contributed by atoms with van der Waals surface area (Å²) in [6.45, 7) is 36.8. The SMILES string of the molecule is C=C(C)CCCC.C=C(Nc1cc(C(=C)NCCCC)ccc1N(CCC)CCC)/C(C)=C/N=C(C)CCC.Cc1ccccc1C. The second-order valence-corrected chi connectivity index (χ2v) is 12.7. The minimum atomic E-state index is 0.869. The smallest absolute Gasteiger partial charge is 0.0628 e. The van der Waals surface area contributed by atoms with Gasteiger partial charge in [0, 0.05) is 42.9 Å². The molecule has 0 fully saturated rings. The van der Waals surface area contributed by atoms with E-state index in [1.165, 1.54) is 48.1 Å². The molecule has 0 aliphatic carbocycles. The van der Waals surface area contributed by atoms with Gasteiger partial charge in [0.1, 0.15) is 0 Å². The molecule has 0 radical (unpaired) electrons. The van der Waals surface area contributed by atoms with E-state index in [4.69, 9.17) is 0 Å². The van der Waals surface area contributed by atoms with Crippen molar-refractivity contribution in [2.75, 3.05) is 29.9 Å². The molecule has 0 aliphatic rings. The summed E-state index contributed by atoms with van der Waals surface area (Å²) in [7, 11) is 0. The second-order valence-electron chi connectivity index (χ2n) is 12.7. The fraction of sp³-hybridized carbons (Fsp3) is 0.512. The molecular weight excluding hydrogens is 573 g/mol. The molecule has 0 saturated heterocycles.